The van der Waals surface area contributed by atoms with Crippen molar-refractivity contribution in [2.24, 2.45) is 10.2 Å². The molecule has 46 heavy (non-hydrogen) atoms. The van der Waals surface area contributed by atoms with Gasteiger partial charge in [-0.15, -0.1) is 0 Å². The predicted octanol–water partition coefficient (Wildman–Crippen LogP) is 4.70. The molecule has 9 nitrogen and oxygen atoms in total. The van der Waals surface area contributed by atoms with Gasteiger partial charge in [0.05, 0.1) is 53.4 Å². The zero-order valence-electron chi connectivity index (χ0n) is 24.7. The summed E-state index contributed by atoms with van der Waals surface area (Å²) in [5.74, 6) is -0.567. The highest BCUT2D eigenvalue weighted by Gasteiger charge is 2.38. The van der Waals surface area contributed by atoms with Crippen LogP contribution < -0.4 is 15.4 Å². The van der Waals surface area contributed by atoms with Crippen LogP contribution in [-0.4, -0.2) is 58.3 Å². The molecule has 1 atom stereocenters. The van der Waals surface area contributed by atoms with E-state index in [-0.39, 0.29) is 42.8 Å². The molecule has 246 valence electrons. The Morgan fingerprint density at radius 2 is 1.83 bits per heavy atom. The Hall–Kier alpha value is -4.18. The second kappa shape index (κ2) is 12.2. The van der Waals surface area contributed by atoms with E-state index >= 15 is 0 Å². The number of carbonyl (C=O) groups excluding carboxylic acids is 1. The summed E-state index contributed by atoms with van der Waals surface area (Å²) in [5, 5.41) is 19.8. The van der Waals surface area contributed by atoms with Crippen LogP contribution in [0.5, 0.6) is 5.88 Å². The first-order valence-corrected chi connectivity index (χ1v) is 14.8. The van der Waals surface area contributed by atoms with Gasteiger partial charge in [0.2, 0.25) is 5.88 Å². The molecule has 3 heterocycles. The maximum Gasteiger partial charge on any atom is 0.416 e. The molecule has 0 spiro atoms. The minimum Gasteiger partial charge on any atom is -0.493 e. The molecule has 1 N–H and O–H groups in total. The van der Waals surface area contributed by atoms with Gasteiger partial charge in [-0.25, -0.2) is 4.79 Å². The van der Waals surface area contributed by atoms with E-state index in [0.29, 0.717) is 33.5 Å². The van der Waals surface area contributed by atoms with Gasteiger partial charge in [0.1, 0.15) is 5.60 Å². The number of morpholine rings is 1. The Morgan fingerprint density at radius 1 is 1.09 bits per heavy atom. The first kappa shape index (κ1) is 33.2. The third-order valence-corrected chi connectivity index (χ3v) is 8.20. The normalized spacial score (nSPS) is 17.5. The molecule has 2 aromatic carbocycles. The molecule has 16 heteroatoms. The van der Waals surface area contributed by atoms with Gasteiger partial charge in [-0.3, -0.25) is 9.36 Å². The molecule has 3 aromatic rings. The summed E-state index contributed by atoms with van der Waals surface area (Å²) in [6.07, 6.45) is -10.6. The van der Waals surface area contributed by atoms with E-state index in [4.69, 9.17) is 9.47 Å². The molecular formula is C30H28F6N4O5S. The van der Waals surface area contributed by atoms with Gasteiger partial charge < -0.3 is 19.5 Å². The summed E-state index contributed by atoms with van der Waals surface area (Å²) in [6, 6.07) is 5.96. The second-order valence-corrected chi connectivity index (χ2v) is 12.7. The number of hydrogen-bond acceptors (Lipinski definition) is 8. The van der Waals surface area contributed by atoms with Crippen molar-refractivity contribution in [3.63, 3.8) is 0 Å². The number of hydrogen-bond donors (Lipinski definition) is 1. The molecule has 1 fully saturated rings. The van der Waals surface area contributed by atoms with Gasteiger partial charge >= 0.3 is 23.3 Å². The van der Waals surface area contributed by atoms with Crippen LogP contribution in [0.3, 0.4) is 0 Å². The summed E-state index contributed by atoms with van der Waals surface area (Å²) in [6.45, 7) is 5.35. The number of nitrogens with zero attached hydrogens (tertiary/aromatic N) is 4. The molecule has 0 bridgehead atoms. The average Bonchev–Trinajstić information content (AvgIpc) is 3.53. The first-order valence-electron chi connectivity index (χ1n) is 13.9. The number of ether oxygens (including phenoxy) is 2. The van der Waals surface area contributed by atoms with E-state index in [0.717, 1.165) is 10.6 Å². The number of carbonyl (C=O) groups is 1. The quantitative estimate of drug-likeness (QED) is 0.397. The number of alkyl halides is 6. The summed E-state index contributed by atoms with van der Waals surface area (Å²) in [4.78, 5) is 26.5. The van der Waals surface area contributed by atoms with Crippen molar-refractivity contribution >= 4 is 29.2 Å². The fraction of sp³-hybridized carbons (Fsp3) is 0.400. The predicted molar refractivity (Wildman–Crippen MR) is 155 cm³/mol. The largest absolute Gasteiger partial charge is 0.493 e. The Bertz CT molecular complexity index is 1870. The summed E-state index contributed by atoms with van der Waals surface area (Å²) < 4.78 is 94.4. The van der Waals surface area contributed by atoms with Crippen LogP contribution in [0, 0.1) is 0 Å². The van der Waals surface area contributed by atoms with Gasteiger partial charge in [0.15, 0.2) is 0 Å². The maximum atomic E-state index is 14.1. The average molecular weight is 671 g/mol. The summed E-state index contributed by atoms with van der Waals surface area (Å²) in [7, 11) is 0. The van der Waals surface area contributed by atoms with E-state index in [1.54, 1.807) is 32.9 Å². The number of rotatable bonds is 5. The van der Waals surface area contributed by atoms with Crippen LogP contribution >= 0.6 is 11.3 Å². The smallest absolute Gasteiger partial charge is 0.416 e. The van der Waals surface area contributed by atoms with Crippen molar-refractivity contribution in [1.82, 2.24) is 9.47 Å². The highest BCUT2D eigenvalue weighted by atomic mass is 32.1. The van der Waals surface area contributed by atoms with Crippen LogP contribution in [0.15, 0.2) is 51.4 Å². The van der Waals surface area contributed by atoms with Crippen molar-refractivity contribution in [3.8, 4) is 5.88 Å². The fourth-order valence-electron chi connectivity index (χ4n) is 5.05. The third-order valence-electron chi connectivity index (χ3n) is 7.17. The van der Waals surface area contributed by atoms with Gasteiger partial charge in [0.25, 0.3) is 0 Å². The minimum atomic E-state index is -5.13. The highest BCUT2D eigenvalue weighted by Crippen LogP contribution is 2.39. The Balaban J connectivity index is 1.56. The number of aromatic hydroxyl groups is 1. The lowest BCUT2D eigenvalue weighted by molar-refractivity contribution is -0.143. The molecule has 0 unspecified atom stereocenters. The van der Waals surface area contributed by atoms with Gasteiger partial charge in [0, 0.05) is 18.5 Å². The number of halogens is 6. The summed E-state index contributed by atoms with van der Waals surface area (Å²) in [5.41, 5.74) is -3.63. The molecule has 1 aromatic heterocycles. The SMILES string of the molecule is CC(C)(C)OC(=O)N1CCO[C@H](Cn2c(O)c(C(Cc3ccc(C(F)(F)F)cc3C(F)(F)F)=c3ccc4c(c3)C=NN=4)sc2=O)C1. The van der Waals surface area contributed by atoms with Gasteiger partial charge in [-0.1, -0.05) is 23.5 Å². The Labute approximate surface area is 261 Å². The molecule has 1 amide bonds. The molecular weight excluding hydrogens is 642 g/mol. The van der Waals surface area contributed by atoms with Crippen molar-refractivity contribution in [2.45, 2.75) is 57.8 Å². The van der Waals surface area contributed by atoms with E-state index in [9.17, 15) is 41.0 Å². The third kappa shape index (κ3) is 7.28. The zero-order valence-corrected chi connectivity index (χ0v) is 25.5. The fourth-order valence-corrected chi connectivity index (χ4v) is 6.01. The number of benzene rings is 2. The molecule has 1 saturated heterocycles. The van der Waals surface area contributed by atoms with Crippen molar-refractivity contribution < 1.29 is 45.7 Å². The first-order chi connectivity index (χ1) is 21.4. The minimum absolute atomic E-state index is 0.0384. The van der Waals surface area contributed by atoms with Crippen LogP contribution in [0.2, 0.25) is 0 Å². The highest BCUT2D eigenvalue weighted by molar-refractivity contribution is 7.10. The van der Waals surface area contributed by atoms with E-state index in [1.165, 1.54) is 17.2 Å². The molecule has 0 saturated carbocycles. The van der Waals surface area contributed by atoms with Gasteiger partial charge in [-0.05, 0) is 61.4 Å². The van der Waals surface area contributed by atoms with Crippen molar-refractivity contribution in [3.05, 3.63) is 83.8 Å². The van der Waals surface area contributed by atoms with Crippen LogP contribution in [-0.2, 0) is 34.8 Å². The molecule has 0 radical (unpaired) electrons. The molecule has 0 aliphatic carbocycles. The standard InChI is InChI=1S/C30H28F6N4O5S/c1-28(2,3)45-26(42)39-8-9-44-20(14-39)15-40-25(41)24(46-27(40)43)21(16-5-7-23-18(10-16)13-37-38-23)11-17-4-6-19(29(31,32)33)12-22(17)30(34,35)36/h4-7,10,12-13,20,41H,8-9,11,14-15H2,1-3H3/t20-/m0/s1. The lowest BCUT2D eigenvalue weighted by Gasteiger charge is -2.34. The second-order valence-electron chi connectivity index (χ2n) is 11.7. The van der Waals surface area contributed by atoms with Gasteiger partial charge in [-0.2, -0.15) is 36.5 Å². The van der Waals surface area contributed by atoms with Crippen LogP contribution in [0.1, 0.15) is 47.9 Å². The summed E-state index contributed by atoms with van der Waals surface area (Å²) >= 11 is 0.562. The van der Waals surface area contributed by atoms with E-state index in [1.807, 2.05) is 0 Å². The Morgan fingerprint density at radius 3 is 2.50 bits per heavy atom. The van der Waals surface area contributed by atoms with E-state index < -0.39 is 64.0 Å². The topological polar surface area (TPSA) is 106 Å². The van der Waals surface area contributed by atoms with E-state index in [2.05, 4.69) is 10.2 Å². The van der Waals surface area contributed by atoms with Crippen LogP contribution in [0.4, 0.5) is 31.1 Å². The maximum absolute atomic E-state index is 14.1. The monoisotopic (exact) mass is 670 g/mol. The number of amides is 1. The van der Waals surface area contributed by atoms with Crippen LogP contribution in [0.25, 0.3) is 5.57 Å². The number of aromatic nitrogens is 1. The number of fused-ring (bicyclic) bond motifs is 1. The Kier molecular flexibility index (Phi) is 8.81. The van der Waals surface area contributed by atoms with Crippen molar-refractivity contribution in [1.29, 1.82) is 0 Å². The lowest BCUT2D eigenvalue weighted by atomic mass is 9.94. The zero-order chi connectivity index (χ0) is 33.6. The van der Waals surface area contributed by atoms with Crippen molar-refractivity contribution in [2.75, 3.05) is 19.7 Å². The lowest BCUT2D eigenvalue weighted by Crippen LogP contribution is -2.49. The molecule has 2 aliphatic rings. The molecule has 5 rings (SSSR count). The number of thiazole rings is 1. The molecule has 2 aliphatic heterocycles.